The first-order valence-corrected chi connectivity index (χ1v) is 7.15. The first-order chi connectivity index (χ1) is 9.38. The van der Waals surface area contributed by atoms with Crippen LogP contribution in [0.3, 0.4) is 0 Å². The van der Waals surface area contributed by atoms with E-state index in [4.69, 9.17) is 10.5 Å². The van der Waals surface area contributed by atoms with Gasteiger partial charge in [0.2, 0.25) is 5.88 Å². The van der Waals surface area contributed by atoms with Gasteiger partial charge in [-0.15, -0.1) is 0 Å². The summed E-state index contributed by atoms with van der Waals surface area (Å²) in [4.78, 5) is 4.41. The molecular formula is C15H27N3O2. The number of nitrogens with zero attached hydrogens (tertiary/aromatic N) is 1. The van der Waals surface area contributed by atoms with Gasteiger partial charge in [-0.3, -0.25) is 0 Å². The summed E-state index contributed by atoms with van der Waals surface area (Å²) in [5, 5.41) is 12.5. The van der Waals surface area contributed by atoms with Gasteiger partial charge in [-0.2, -0.15) is 4.98 Å². The molecule has 1 rings (SSSR count). The van der Waals surface area contributed by atoms with Crippen molar-refractivity contribution >= 4 is 11.5 Å². The van der Waals surface area contributed by atoms with E-state index in [1.807, 2.05) is 13.0 Å². The summed E-state index contributed by atoms with van der Waals surface area (Å²) in [5.74, 6) is 1.19. The number of rotatable bonds is 7. The van der Waals surface area contributed by atoms with E-state index < -0.39 is 0 Å². The van der Waals surface area contributed by atoms with Gasteiger partial charge in [0.05, 0.1) is 12.3 Å². The van der Waals surface area contributed by atoms with E-state index in [1.165, 1.54) is 0 Å². The van der Waals surface area contributed by atoms with Gasteiger partial charge < -0.3 is 20.9 Å². The monoisotopic (exact) mass is 281 g/mol. The highest BCUT2D eigenvalue weighted by atomic mass is 16.5. The quantitative estimate of drug-likeness (QED) is 0.716. The minimum atomic E-state index is 0.0240. The van der Waals surface area contributed by atoms with Gasteiger partial charge in [0.1, 0.15) is 5.82 Å². The molecule has 1 atom stereocenters. The van der Waals surface area contributed by atoms with Crippen LogP contribution >= 0.6 is 0 Å². The molecule has 0 spiro atoms. The highest BCUT2D eigenvalue weighted by molar-refractivity contribution is 5.54. The van der Waals surface area contributed by atoms with Gasteiger partial charge in [-0.1, -0.05) is 27.7 Å². The standard InChI is InChI=1S/C15H27N3O2/c1-5-10-20-14-11(16)6-7-13(18-14)17-12(8-9-19)15(2,3)4/h6-7,12,19H,5,8-10,16H2,1-4H3,(H,17,18). The molecule has 1 unspecified atom stereocenters. The molecule has 0 bridgehead atoms. The predicted molar refractivity (Wildman–Crippen MR) is 83.0 cm³/mol. The fourth-order valence-electron chi connectivity index (χ4n) is 1.88. The van der Waals surface area contributed by atoms with Gasteiger partial charge in [0.15, 0.2) is 0 Å². The third-order valence-corrected chi connectivity index (χ3v) is 3.12. The van der Waals surface area contributed by atoms with Crippen LogP contribution in [0.15, 0.2) is 12.1 Å². The van der Waals surface area contributed by atoms with E-state index in [0.717, 1.165) is 12.2 Å². The predicted octanol–water partition coefficient (Wildman–Crippen LogP) is 2.66. The first kappa shape index (κ1) is 16.6. The van der Waals surface area contributed by atoms with Gasteiger partial charge in [0, 0.05) is 12.6 Å². The van der Waals surface area contributed by atoms with Crippen molar-refractivity contribution in [3.05, 3.63) is 12.1 Å². The van der Waals surface area contributed by atoms with Crippen LogP contribution in [0, 0.1) is 5.41 Å². The van der Waals surface area contributed by atoms with Gasteiger partial charge in [-0.05, 0) is 30.4 Å². The average Bonchev–Trinajstić information content (AvgIpc) is 2.37. The Morgan fingerprint density at radius 1 is 1.40 bits per heavy atom. The number of ether oxygens (including phenoxy) is 1. The van der Waals surface area contributed by atoms with Crippen molar-refractivity contribution in [2.24, 2.45) is 5.41 Å². The molecule has 0 aliphatic rings. The van der Waals surface area contributed by atoms with Gasteiger partial charge in [0.25, 0.3) is 0 Å². The number of anilines is 2. The van der Waals surface area contributed by atoms with Crippen molar-refractivity contribution in [3.63, 3.8) is 0 Å². The van der Waals surface area contributed by atoms with Crippen LogP contribution in [0.2, 0.25) is 0 Å². The number of pyridine rings is 1. The smallest absolute Gasteiger partial charge is 0.239 e. The van der Waals surface area contributed by atoms with Crippen LogP contribution in [0.1, 0.15) is 40.5 Å². The van der Waals surface area contributed by atoms with E-state index in [9.17, 15) is 5.11 Å². The van der Waals surface area contributed by atoms with E-state index in [2.05, 4.69) is 31.1 Å². The SMILES string of the molecule is CCCOc1nc(NC(CCO)C(C)(C)C)ccc1N. The topological polar surface area (TPSA) is 80.4 Å². The molecule has 1 aromatic rings. The molecule has 0 saturated carbocycles. The first-order valence-electron chi connectivity index (χ1n) is 7.15. The van der Waals surface area contributed by atoms with E-state index >= 15 is 0 Å². The molecule has 1 aromatic heterocycles. The Labute approximate surface area is 121 Å². The Morgan fingerprint density at radius 2 is 2.10 bits per heavy atom. The molecule has 0 saturated heterocycles. The van der Waals surface area contributed by atoms with Crippen molar-refractivity contribution < 1.29 is 9.84 Å². The molecule has 0 aromatic carbocycles. The van der Waals surface area contributed by atoms with Crippen LogP contribution in [0.25, 0.3) is 0 Å². The Kier molecular flexibility index (Phi) is 6.07. The Hall–Kier alpha value is -1.49. The summed E-state index contributed by atoms with van der Waals surface area (Å²) in [5.41, 5.74) is 6.41. The Balaban J connectivity index is 2.85. The van der Waals surface area contributed by atoms with Gasteiger partial charge >= 0.3 is 0 Å². The fraction of sp³-hybridized carbons (Fsp3) is 0.667. The summed E-state index contributed by atoms with van der Waals surface area (Å²) < 4.78 is 5.53. The van der Waals surface area contributed by atoms with Crippen LogP contribution in [0.5, 0.6) is 5.88 Å². The van der Waals surface area contributed by atoms with Crippen molar-refractivity contribution in [1.82, 2.24) is 4.98 Å². The molecule has 4 N–H and O–H groups in total. The third kappa shape index (κ3) is 4.89. The van der Waals surface area contributed by atoms with E-state index in [1.54, 1.807) is 6.07 Å². The second-order valence-electron chi connectivity index (χ2n) is 6.01. The molecular weight excluding hydrogens is 254 g/mol. The van der Waals surface area contributed by atoms with Crippen molar-refractivity contribution in [2.75, 3.05) is 24.3 Å². The Morgan fingerprint density at radius 3 is 2.65 bits per heavy atom. The summed E-state index contributed by atoms with van der Waals surface area (Å²) >= 11 is 0. The lowest BCUT2D eigenvalue weighted by Gasteiger charge is -2.31. The lowest BCUT2D eigenvalue weighted by molar-refractivity contribution is 0.235. The van der Waals surface area contributed by atoms with Crippen molar-refractivity contribution in [1.29, 1.82) is 0 Å². The molecule has 0 aliphatic carbocycles. The highest BCUT2D eigenvalue weighted by Gasteiger charge is 2.24. The number of aliphatic hydroxyl groups excluding tert-OH is 1. The number of nitrogen functional groups attached to an aromatic ring is 1. The second kappa shape index (κ2) is 7.33. The molecule has 114 valence electrons. The zero-order valence-electron chi connectivity index (χ0n) is 12.9. The summed E-state index contributed by atoms with van der Waals surface area (Å²) in [6, 6.07) is 3.76. The van der Waals surface area contributed by atoms with Gasteiger partial charge in [-0.25, -0.2) is 0 Å². The van der Waals surface area contributed by atoms with Crippen LogP contribution in [0.4, 0.5) is 11.5 Å². The van der Waals surface area contributed by atoms with Crippen LogP contribution in [-0.2, 0) is 0 Å². The fourth-order valence-corrected chi connectivity index (χ4v) is 1.88. The van der Waals surface area contributed by atoms with Crippen molar-refractivity contribution in [2.45, 2.75) is 46.6 Å². The highest BCUT2D eigenvalue weighted by Crippen LogP contribution is 2.27. The van der Waals surface area contributed by atoms with Crippen molar-refractivity contribution in [3.8, 4) is 5.88 Å². The number of aromatic nitrogens is 1. The van der Waals surface area contributed by atoms with E-state index in [-0.39, 0.29) is 18.1 Å². The summed E-state index contributed by atoms with van der Waals surface area (Å²) in [7, 11) is 0. The van der Waals surface area contributed by atoms with E-state index in [0.29, 0.717) is 24.6 Å². The maximum atomic E-state index is 9.19. The number of aliphatic hydroxyl groups is 1. The number of hydrogen-bond donors (Lipinski definition) is 3. The lowest BCUT2D eigenvalue weighted by atomic mass is 9.85. The normalized spacial score (nSPS) is 13.1. The maximum Gasteiger partial charge on any atom is 0.239 e. The Bertz CT molecular complexity index is 416. The zero-order valence-corrected chi connectivity index (χ0v) is 12.9. The minimum Gasteiger partial charge on any atom is -0.476 e. The summed E-state index contributed by atoms with van der Waals surface area (Å²) in [6.45, 7) is 9.17. The summed E-state index contributed by atoms with van der Waals surface area (Å²) in [6.07, 6.45) is 1.58. The number of nitrogens with one attached hydrogen (secondary N) is 1. The maximum absolute atomic E-state index is 9.19. The minimum absolute atomic E-state index is 0.0240. The number of nitrogens with two attached hydrogens (primary N) is 1. The molecule has 20 heavy (non-hydrogen) atoms. The third-order valence-electron chi connectivity index (χ3n) is 3.12. The molecule has 5 nitrogen and oxygen atoms in total. The largest absolute Gasteiger partial charge is 0.476 e. The molecule has 0 fully saturated rings. The lowest BCUT2D eigenvalue weighted by Crippen LogP contribution is -2.35. The molecule has 1 heterocycles. The molecule has 0 radical (unpaired) electrons. The molecule has 0 aliphatic heterocycles. The zero-order chi connectivity index (χ0) is 15.2. The van der Waals surface area contributed by atoms with Crippen LogP contribution in [-0.4, -0.2) is 29.3 Å². The average molecular weight is 281 g/mol. The molecule has 5 heteroatoms. The molecule has 0 amide bonds. The number of hydrogen-bond acceptors (Lipinski definition) is 5. The van der Waals surface area contributed by atoms with Crippen LogP contribution < -0.4 is 15.8 Å². The second-order valence-corrected chi connectivity index (χ2v) is 6.01.